The Morgan fingerprint density at radius 1 is 0.538 bits per heavy atom. The van der Waals surface area contributed by atoms with Crippen molar-refractivity contribution < 1.29 is 86.6 Å². The number of unbranched alkanes of at least 4 members (excludes halogenated alkanes) is 2. The lowest BCUT2D eigenvalue weighted by molar-refractivity contribution is -0.149. The largest absolute Gasteiger partial charge is 0.394 e. The van der Waals surface area contributed by atoms with Crippen LogP contribution in [-0.2, 0) is 107 Å². The second-order valence-electron chi connectivity index (χ2n) is 33.7. The molecule has 0 bridgehead atoms. The van der Waals surface area contributed by atoms with Gasteiger partial charge >= 0.3 is 0 Å². The topological polar surface area (TPSA) is 621 Å². The van der Waals surface area contributed by atoms with E-state index in [0.717, 1.165) is 36.3 Å². The van der Waals surface area contributed by atoms with E-state index in [4.69, 9.17) is 22.6 Å². The summed E-state index contributed by atoms with van der Waals surface area (Å²) < 4.78 is 0. The SMILES string of the molecule is CCCCC1C(=O)N(C)[C@@H](CCCC)C(=O)N[C@@H](CCCNC(=N)N)C(=O)N[C@H](C(=O)NCC(N)=O)CSCC(=O)NC(Cc2ccccc2)C(=O)N(C)[C@@H](C)C(=O)N[C@@H](CC(N)=O)C(=O)N2CCC[C@H]2C(=O)NC(Cc2cnc[nH]2)C(=O)N[C@@H](CC(C)C)C(=O)N(C)CC(=O)N[C@@H](Cc2c[nH]c3ccccc23)C(=O)N[C@@H](CO)C(=O)N[C@@H](Cc2c[nH]c3ccccc23)C(=O)N1C. The molecule has 42 nitrogen and oxygen atoms in total. The number of carbonyl (C=O) groups is 17. The minimum absolute atomic E-state index is 0.00145. The van der Waals surface area contributed by atoms with Crippen LogP contribution in [0.2, 0.25) is 0 Å². The molecule has 43 heteroatoms. The van der Waals surface area contributed by atoms with Gasteiger partial charge in [0.1, 0.15) is 78.5 Å². The number of para-hydroxylation sites is 2. The molecule has 716 valence electrons. The lowest BCUT2D eigenvalue weighted by Crippen LogP contribution is -2.61. The molecule has 3 aromatic carbocycles. The number of carbonyl (C=O) groups excluding carboxylic acids is 17. The van der Waals surface area contributed by atoms with Crippen molar-refractivity contribution in [2.45, 2.75) is 216 Å². The third-order valence-electron chi connectivity index (χ3n) is 23.1. The Balaban J connectivity index is 1.18. The molecule has 2 fully saturated rings. The number of H-pyrrole nitrogens is 3. The minimum atomic E-state index is -1.85. The van der Waals surface area contributed by atoms with Crippen molar-refractivity contribution in [3.63, 3.8) is 0 Å². The number of rotatable bonds is 26. The van der Waals surface area contributed by atoms with Crippen LogP contribution in [0.3, 0.4) is 0 Å². The van der Waals surface area contributed by atoms with E-state index in [1.54, 1.807) is 105 Å². The third-order valence-corrected chi connectivity index (χ3v) is 24.2. The number of hydrogen-bond acceptors (Lipinski definition) is 21. The predicted molar refractivity (Wildman–Crippen MR) is 490 cm³/mol. The fraction of sp³-hybridized carbons (Fsp3) is 0.517. The van der Waals surface area contributed by atoms with Crippen molar-refractivity contribution in [3.8, 4) is 0 Å². The second-order valence-corrected chi connectivity index (χ2v) is 34.7. The fourth-order valence-corrected chi connectivity index (χ4v) is 16.7. The van der Waals surface area contributed by atoms with Gasteiger partial charge in [0.05, 0.1) is 38.2 Å². The zero-order chi connectivity index (χ0) is 96.6. The first-order valence-corrected chi connectivity index (χ1v) is 45.4. The number of amides is 17. The predicted octanol–water partition coefficient (Wildman–Crippen LogP) is -2.14. The Morgan fingerprint density at radius 3 is 1.67 bits per heavy atom. The highest BCUT2D eigenvalue weighted by Crippen LogP contribution is 2.26. The average molecular weight is 1850 g/mol. The van der Waals surface area contributed by atoms with Gasteiger partial charge in [0.15, 0.2) is 5.96 Å². The number of imidazole rings is 1. The molecule has 13 atom stereocenters. The summed E-state index contributed by atoms with van der Waals surface area (Å²) in [7, 11) is 5.25. The first kappa shape index (κ1) is 104. The number of nitrogens with zero attached hydrogens (tertiary/aromatic N) is 6. The summed E-state index contributed by atoms with van der Waals surface area (Å²) in [6.45, 7) is 5.93. The summed E-state index contributed by atoms with van der Waals surface area (Å²) in [5, 5.41) is 49.4. The molecule has 2 aliphatic heterocycles. The van der Waals surface area contributed by atoms with E-state index in [1.807, 2.05) is 13.8 Å². The van der Waals surface area contributed by atoms with Crippen molar-refractivity contribution in [3.05, 3.63) is 126 Å². The molecule has 132 heavy (non-hydrogen) atoms. The Bertz CT molecular complexity index is 5050. The number of aromatic nitrogens is 4. The summed E-state index contributed by atoms with van der Waals surface area (Å²) in [6.07, 6.45) is 6.01. The number of benzene rings is 3. The Kier molecular flexibility index (Phi) is 39.9. The van der Waals surface area contributed by atoms with Gasteiger partial charge in [-0.05, 0) is 86.6 Å². The van der Waals surface area contributed by atoms with Crippen LogP contribution in [0.5, 0.6) is 0 Å². The van der Waals surface area contributed by atoms with Crippen LogP contribution >= 0.6 is 11.8 Å². The zero-order valence-electron chi connectivity index (χ0n) is 75.9. The molecule has 2 aliphatic rings. The van der Waals surface area contributed by atoms with Crippen LogP contribution in [0.1, 0.15) is 134 Å². The third kappa shape index (κ3) is 30.0. The average Bonchev–Trinajstić information content (AvgIpc) is 1.48. The number of thioether (sulfide) groups is 1. The van der Waals surface area contributed by atoms with Gasteiger partial charge in [0.2, 0.25) is 100 Å². The second kappa shape index (κ2) is 50.6. The van der Waals surface area contributed by atoms with Gasteiger partial charge in [-0.3, -0.25) is 86.9 Å². The normalized spacial score (nSPS) is 23.5. The van der Waals surface area contributed by atoms with Gasteiger partial charge in [0.25, 0.3) is 0 Å². The molecule has 0 saturated carbocycles. The van der Waals surface area contributed by atoms with E-state index in [9.17, 15) is 62.6 Å². The lowest BCUT2D eigenvalue weighted by Gasteiger charge is -2.36. The smallest absolute Gasteiger partial charge is 0.246 e. The van der Waals surface area contributed by atoms with Crippen molar-refractivity contribution in [2.75, 3.05) is 72.5 Å². The molecule has 5 heterocycles. The van der Waals surface area contributed by atoms with Gasteiger partial charge < -0.3 is 120 Å². The van der Waals surface area contributed by atoms with Crippen molar-refractivity contribution in [2.24, 2.45) is 23.1 Å². The van der Waals surface area contributed by atoms with E-state index < -0.39 is 223 Å². The zero-order valence-corrected chi connectivity index (χ0v) is 76.7. The highest BCUT2D eigenvalue weighted by molar-refractivity contribution is 8.00. The van der Waals surface area contributed by atoms with Gasteiger partial charge in [-0.15, -0.1) is 11.8 Å². The summed E-state index contributed by atoms with van der Waals surface area (Å²) in [5.74, 6) is -17.1. The van der Waals surface area contributed by atoms with Crippen molar-refractivity contribution in [1.29, 1.82) is 5.41 Å². The van der Waals surface area contributed by atoms with E-state index in [1.165, 1.54) is 47.6 Å². The number of aliphatic hydroxyl groups excluding tert-OH is 1. The van der Waals surface area contributed by atoms with Crippen molar-refractivity contribution in [1.82, 2.24) is 103 Å². The highest BCUT2D eigenvalue weighted by Gasteiger charge is 2.44. The van der Waals surface area contributed by atoms with Crippen LogP contribution < -0.4 is 75.7 Å². The van der Waals surface area contributed by atoms with Crippen LogP contribution in [0.4, 0.5) is 0 Å². The maximum atomic E-state index is 15.7. The summed E-state index contributed by atoms with van der Waals surface area (Å²) >= 11 is 0.795. The molecule has 22 N–H and O–H groups in total. The summed E-state index contributed by atoms with van der Waals surface area (Å²) in [4.78, 5) is 267. The number of aliphatic hydroxyl groups is 1. The van der Waals surface area contributed by atoms with Crippen LogP contribution in [0.25, 0.3) is 21.8 Å². The maximum absolute atomic E-state index is 15.7. The number of likely N-dealkylation sites (N-methyl/N-ethyl adjacent to an activating group) is 4. The van der Waals surface area contributed by atoms with E-state index >= 15 is 24.0 Å². The number of guanidine groups is 1. The Morgan fingerprint density at radius 2 is 1.08 bits per heavy atom. The molecule has 2 saturated heterocycles. The van der Waals surface area contributed by atoms with Gasteiger partial charge in [0, 0.05) is 119 Å². The van der Waals surface area contributed by atoms with Crippen molar-refractivity contribution >= 4 is 140 Å². The quantitative estimate of drug-likeness (QED) is 0.0157. The number of hydrogen-bond donors (Lipinski definition) is 19. The molecule has 0 spiro atoms. The molecular formula is C89H126N24O18S. The molecule has 0 aliphatic carbocycles. The van der Waals surface area contributed by atoms with Crippen LogP contribution in [0.15, 0.2) is 104 Å². The van der Waals surface area contributed by atoms with Crippen LogP contribution in [-0.4, -0.2) is 307 Å². The van der Waals surface area contributed by atoms with E-state index in [0.29, 0.717) is 69.9 Å². The molecular weight excluding hydrogens is 1730 g/mol. The number of nitrogens with two attached hydrogens (primary N) is 3. The first-order valence-electron chi connectivity index (χ1n) is 44.2. The standard InChI is InChI=1S/C89H126N24O18S/c1-10-12-30-69-82(125)102-60(29-21-33-95-89(92)93)78(121)108-68(77(120)98-44-73(91)116)47-132-48-75(118)101-64(36-52-23-15-14-16-24-52)85(128)110(7)51(5)76(119)104-66(40-72(90)115)87(130)113-34-22-32-70(113)83(126)103-62(39-55-43-94-49-99-55)80(123)105-63(35-50(3)4)84(127)109(6)45-74(117)100-61(37-53-41-96-58-27-19-17-25-56(53)58)79(122)107-67(46-114)81(124)106-65(38-54-42-97-59-28-20-18-26-57(54)59)86(129)112(9)71(31-13-11-2)88(131)111(69)8/h14-20,23-28,41-43,49-51,60-71,96-97,114H,10-13,21-22,29-40,44-48H2,1-9H3,(H2,90,115)(H2,91,116)(H,94,99)(H,98,120)(H,100,117)(H,101,118)(H,102,125)(H,103,126)(H,104,119)(H,105,123)(H,106,124)(H,107,122)(H,108,121)(H4,92,93,95)/t51-,60-,61-,62?,63-,64?,65-,66-,67-,68-,69-,70-,71?/m0/s1. The Hall–Kier alpha value is -13.5. The molecule has 0 radical (unpaired) electrons. The lowest BCUT2D eigenvalue weighted by atomic mass is 10.00. The van der Waals surface area contributed by atoms with Gasteiger partial charge in [-0.1, -0.05) is 120 Å². The maximum Gasteiger partial charge on any atom is 0.246 e. The van der Waals surface area contributed by atoms with E-state index in [2.05, 4.69) is 78.4 Å². The minimum Gasteiger partial charge on any atom is -0.394 e. The van der Waals surface area contributed by atoms with Gasteiger partial charge in [-0.25, -0.2) is 4.98 Å². The summed E-state index contributed by atoms with van der Waals surface area (Å²) in [6, 6.07) is 2.90. The number of nitrogens with one attached hydrogen (secondary N) is 15. The van der Waals surface area contributed by atoms with Gasteiger partial charge in [-0.2, -0.15) is 0 Å². The molecule has 8 rings (SSSR count). The molecule has 3 aromatic heterocycles. The molecule has 6 aromatic rings. The Labute approximate surface area is 768 Å². The summed E-state index contributed by atoms with van der Waals surface area (Å²) in [5.41, 5.74) is 20.0. The molecule has 17 amide bonds. The first-order chi connectivity index (χ1) is 62.9. The van der Waals surface area contributed by atoms with Crippen LogP contribution in [0, 0.1) is 11.3 Å². The number of fused-ring (bicyclic) bond motifs is 3. The number of primary amides is 2. The monoisotopic (exact) mass is 1850 g/mol. The van der Waals surface area contributed by atoms with E-state index in [-0.39, 0.29) is 89.6 Å². The number of aromatic amines is 3. The highest BCUT2D eigenvalue weighted by atomic mass is 32.2. The fourth-order valence-electron chi connectivity index (χ4n) is 15.8. The molecule has 3 unspecified atom stereocenters.